The van der Waals surface area contributed by atoms with Gasteiger partial charge in [-0.05, 0) is 48.2 Å². The second-order valence-electron chi connectivity index (χ2n) is 4.16. The number of aliphatic hydroxyl groups excluding tert-OH is 1. The van der Waals surface area contributed by atoms with Crippen LogP contribution in [0.5, 0.6) is 0 Å². The van der Waals surface area contributed by atoms with Gasteiger partial charge in [-0.3, -0.25) is 0 Å². The second-order valence-corrected chi connectivity index (χ2v) is 6.97. The van der Waals surface area contributed by atoms with Crippen LogP contribution in [0.1, 0.15) is 41.0 Å². The maximum absolute atomic E-state index is 9.82. The van der Waals surface area contributed by atoms with Crippen molar-refractivity contribution in [2.24, 2.45) is 0 Å². The molecule has 19 heavy (non-hydrogen) atoms. The van der Waals surface area contributed by atoms with Gasteiger partial charge < -0.3 is 23.7 Å². The Morgan fingerprint density at radius 2 is 1.26 bits per heavy atom. The number of rotatable bonds is 9. The highest BCUT2D eigenvalue weighted by atomic mass is 28.4. The van der Waals surface area contributed by atoms with Crippen LogP contribution in [-0.4, -0.2) is 53.9 Å². The first-order valence-corrected chi connectivity index (χ1v) is 8.97. The lowest BCUT2D eigenvalue weighted by atomic mass is 10.2. The molecular weight excluding hydrogens is 262 g/mol. The summed E-state index contributed by atoms with van der Waals surface area (Å²) in [6.45, 7) is 11.2. The van der Waals surface area contributed by atoms with Gasteiger partial charge in [-0.25, -0.2) is 0 Å². The molecule has 2 unspecified atom stereocenters. The van der Waals surface area contributed by atoms with Gasteiger partial charge >= 0.3 is 8.80 Å². The summed E-state index contributed by atoms with van der Waals surface area (Å²) < 4.78 is 17.3. The Morgan fingerprint density at radius 3 is 1.42 bits per heavy atom. The third-order valence-electron chi connectivity index (χ3n) is 2.51. The van der Waals surface area contributed by atoms with Crippen molar-refractivity contribution in [3.05, 3.63) is 0 Å². The van der Waals surface area contributed by atoms with E-state index in [9.17, 15) is 5.11 Å². The Balaban J connectivity index is 0. The van der Waals surface area contributed by atoms with Gasteiger partial charge in [0.1, 0.15) is 0 Å². The van der Waals surface area contributed by atoms with Crippen molar-refractivity contribution in [3.63, 3.8) is 0 Å². The monoisotopic (exact) mass is 295 g/mol. The molecule has 0 amide bonds. The van der Waals surface area contributed by atoms with E-state index in [1.807, 2.05) is 41.8 Å². The zero-order valence-corrected chi connectivity index (χ0v) is 14.7. The molecular formula is C13H33NO4Si. The van der Waals surface area contributed by atoms with E-state index in [-0.39, 0.29) is 5.54 Å². The lowest BCUT2D eigenvalue weighted by Gasteiger charge is -2.36. The molecule has 0 fully saturated rings. The van der Waals surface area contributed by atoms with Crippen molar-refractivity contribution in [2.45, 2.75) is 52.7 Å². The topological polar surface area (TPSA) is 60.0 Å². The molecule has 0 aromatic rings. The Hall–Kier alpha value is 0.0169. The minimum atomic E-state index is -2.74. The van der Waals surface area contributed by atoms with Crippen LogP contribution in [0.3, 0.4) is 0 Å². The van der Waals surface area contributed by atoms with Gasteiger partial charge in [-0.1, -0.05) is 6.92 Å². The summed E-state index contributed by atoms with van der Waals surface area (Å²) in [4.78, 5) is 0. The minimum Gasteiger partial charge on any atom is -0.393 e. The molecule has 2 atom stereocenters. The Labute approximate surface area is 120 Å². The highest BCUT2D eigenvalue weighted by Crippen LogP contribution is 2.32. The van der Waals surface area contributed by atoms with Gasteiger partial charge in [0.15, 0.2) is 0 Å². The number of hydrogen-bond acceptors (Lipinski definition) is 5. The Kier molecular flexibility index (Phi) is 14.6. The van der Waals surface area contributed by atoms with Gasteiger partial charge in [0.25, 0.3) is 0 Å². The lowest BCUT2D eigenvalue weighted by Crippen LogP contribution is -2.53. The van der Waals surface area contributed by atoms with E-state index in [0.29, 0.717) is 19.8 Å². The van der Waals surface area contributed by atoms with E-state index < -0.39 is 14.9 Å². The average Bonchev–Trinajstić information content (AvgIpc) is 2.31. The number of hydrogen-bond donors (Lipinski definition) is 2. The van der Waals surface area contributed by atoms with Crippen LogP contribution < -0.4 is 5.32 Å². The van der Waals surface area contributed by atoms with Crippen molar-refractivity contribution in [1.82, 2.24) is 5.32 Å². The van der Waals surface area contributed by atoms with Crippen LogP contribution in [-0.2, 0) is 13.3 Å². The second kappa shape index (κ2) is 13.0. The molecule has 5 nitrogen and oxygen atoms in total. The molecule has 0 aromatic heterocycles. The Morgan fingerprint density at radius 1 is 0.947 bits per heavy atom. The van der Waals surface area contributed by atoms with Crippen LogP contribution >= 0.6 is 0 Å². The van der Waals surface area contributed by atoms with Crippen molar-refractivity contribution in [2.75, 3.05) is 33.9 Å². The van der Waals surface area contributed by atoms with Crippen molar-refractivity contribution in [3.8, 4) is 0 Å². The highest BCUT2D eigenvalue weighted by Gasteiger charge is 2.50. The first-order valence-electron chi connectivity index (χ1n) is 7.17. The van der Waals surface area contributed by atoms with Gasteiger partial charge in [0, 0.05) is 19.8 Å². The lowest BCUT2D eigenvalue weighted by molar-refractivity contribution is 0.0387. The zero-order valence-electron chi connectivity index (χ0n) is 13.7. The summed E-state index contributed by atoms with van der Waals surface area (Å²) in [5.74, 6) is 0. The summed E-state index contributed by atoms with van der Waals surface area (Å²) in [5.41, 5.74) is -0.0488. The quantitative estimate of drug-likeness (QED) is 0.637. The van der Waals surface area contributed by atoms with E-state index in [0.717, 1.165) is 6.42 Å². The predicted octanol–water partition coefficient (Wildman–Crippen LogP) is 2.03. The Bertz CT molecular complexity index is 176. The summed E-state index contributed by atoms with van der Waals surface area (Å²) in [6.07, 6.45) is 0.325. The minimum absolute atomic E-state index is 0.0488. The molecule has 2 N–H and O–H groups in total. The third kappa shape index (κ3) is 8.01. The standard InChI is InChI=1S/C11H26O4Si.C2H7N/c1-6-11(10(5)12)16(13-7-2,14-8-3)15-9-4;1-3-2/h10-12H,6-9H2,1-5H3;3H,1-2H3. The molecule has 0 rings (SSSR count). The summed E-state index contributed by atoms with van der Waals surface area (Å²) >= 11 is 0. The van der Waals surface area contributed by atoms with E-state index in [1.54, 1.807) is 6.92 Å². The third-order valence-corrected chi connectivity index (χ3v) is 6.38. The summed E-state index contributed by atoms with van der Waals surface area (Å²) in [7, 11) is 1.01. The maximum Gasteiger partial charge on any atom is 0.506 e. The van der Waals surface area contributed by atoms with E-state index >= 15 is 0 Å². The molecule has 0 aliphatic heterocycles. The smallest absolute Gasteiger partial charge is 0.393 e. The highest BCUT2D eigenvalue weighted by molar-refractivity contribution is 6.62. The van der Waals surface area contributed by atoms with Gasteiger partial charge in [0.2, 0.25) is 0 Å². The SMILES string of the molecule is CCO[Si](OCC)(OCC)C(CC)C(C)O.CNC. The molecule has 0 aromatic carbocycles. The fraction of sp³-hybridized carbons (Fsp3) is 1.00. The molecule has 0 aliphatic rings. The molecule has 6 heteroatoms. The van der Waals surface area contributed by atoms with Crippen LogP contribution in [0.15, 0.2) is 0 Å². The van der Waals surface area contributed by atoms with E-state index in [2.05, 4.69) is 5.32 Å². The van der Waals surface area contributed by atoms with Crippen LogP contribution in [0.4, 0.5) is 0 Å². The van der Waals surface area contributed by atoms with Crippen LogP contribution in [0, 0.1) is 0 Å². The molecule has 118 valence electrons. The predicted molar refractivity (Wildman–Crippen MR) is 81.3 cm³/mol. The van der Waals surface area contributed by atoms with Crippen molar-refractivity contribution >= 4 is 8.80 Å². The van der Waals surface area contributed by atoms with Gasteiger partial charge in [0.05, 0.1) is 11.6 Å². The van der Waals surface area contributed by atoms with Crippen molar-refractivity contribution in [1.29, 1.82) is 0 Å². The van der Waals surface area contributed by atoms with Crippen LogP contribution in [0.2, 0.25) is 5.54 Å². The number of nitrogens with one attached hydrogen (secondary N) is 1. The first kappa shape index (κ1) is 21.3. The molecule has 0 saturated heterocycles. The van der Waals surface area contributed by atoms with Crippen molar-refractivity contribution < 1.29 is 18.4 Å². The van der Waals surface area contributed by atoms with E-state index in [4.69, 9.17) is 13.3 Å². The largest absolute Gasteiger partial charge is 0.506 e. The fourth-order valence-electron chi connectivity index (χ4n) is 1.94. The molecule has 0 heterocycles. The van der Waals surface area contributed by atoms with Gasteiger partial charge in [-0.2, -0.15) is 0 Å². The first-order chi connectivity index (χ1) is 8.99. The maximum atomic E-state index is 9.82. The molecule has 0 bridgehead atoms. The molecule has 0 aliphatic carbocycles. The average molecular weight is 295 g/mol. The normalized spacial score (nSPS) is 14.5. The number of aliphatic hydroxyl groups is 1. The summed E-state index contributed by atoms with van der Waals surface area (Å²) in [6, 6.07) is 0. The van der Waals surface area contributed by atoms with E-state index in [1.165, 1.54) is 0 Å². The molecule has 0 saturated carbocycles. The molecule has 0 spiro atoms. The van der Waals surface area contributed by atoms with Gasteiger partial charge in [-0.15, -0.1) is 0 Å². The zero-order chi connectivity index (χ0) is 15.3. The summed E-state index contributed by atoms with van der Waals surface area (Å²) in [5, 5.41) is 12.6. The van der Waals surface area contributed by atoms with Crippen LogP contribution in [0.25, 0.3) is 0 Å². The fourth-order valence-corrected chi connectivity index (χ4v) is 5.13. The molecule has 0 radical (unpaired) electrons.